The highest BCUT2D eigenvalue weighted by Crippen LogP contribution is 2.12. The monoisotopic (exact) mass is 361 g/mol. The van der Waals surface area contributed by atoms with E-state index in [0.29, 0.717) is 11.3 Å². The second-order valence-corrected chi connectivity index (χ2v) is 5.87. The number of carbonyl (C=O) groups excluding carboxylic acids is 5. The molecule has 1 aromatic rings. The summed E-state index contributed by atoms with van der Waals surface area (Å²) in [7, 11) is 1.44. The minimum absolute atomic E-state index is 0.0955. The number of ether oxygens (including phenoxy) is 1. The van der Waals surface area contributed by atoms with Crippen molar-refractivity contribution >= 4 is 35.3 Å². The summed E-state index contributed by atoms with van der Waals surface area (Å²) in [5.74, 6) is -2.04. The first-order valence-corrected chi connectivity index (χ1v) is 7.86. The molecule has 1 heterocycles. The number of amides is 4. The van der Waals surface area contributed by atoms with Crippen LogP contribution in [0.15, 0.2) is 24.3 Å². The molecule has 9 heteroatoms. The summed E-state index contributed by atoms with van der Waals surface area (Å²) in [6.07, 6.45) is -1.12. The number of nitrogens with one attached hydrogen (secondary N) is 1. The SMILES string of the molecule is CC(=O)c1ccc(NC(=O)[C@H](C)OC(=O)CN2C(=O)CN(C)C2=O)cc1. The number of likely N-dealkylation sites (N-methyl/N-ethyl adjacent to an activating group) is 1. The normalized spacial score (nSPS) is 15.0. The number of urea groups is 1. The molecule has 2 rings (SSSR count). The third kappa shape index (κ3) is 4.44. The van der Waals surface area contributed by atoms with Gasteiger partial charge in [0.2, 0.25) is 0 Å². The maximum Gasteiger partial charge on any atom is 0.327 e. The zero-order valence-corrected chi connectivity index (χ0v) is 14.6. The van der Waals surface area contributed by atoms with E-state index in [9.17, 15) is 24.0 Å². The van der Waals surface area contributed by atoms with Crippen LogP contribution in [-0.2, 0) is 19.1 Å². The molecule has 1 fully saturated rings. The summed E-state index contributed by atoms with van der Waals surface area (Å²) >= 11 is 0. The lowest BCUT2D eigenvalue weighted by Gasteiger charge is -2.16. The van der Waals surface area contributed by atoms with Crippen molar-refractivity contribution in [1.82, 2.24) is 9.80 Å². The van der Waals surface area contributed by atoms with E-state index in [4.69, 9.17) is 4.74 Å². The van der Waals surface area contributed by atoms with Crippen LogP contribution in [0.25, 0.3) is 0 Å². The minimum atomic E-state index is -1.12. The van der Waals surface area contributed by atoms with Gasteiger partial charge in [-0.05, 0) is 38.1 Å². The molecule has 1 atom stereocenters. The first-order chi connectivity index (χ1) is 12.2. The molecule has 4 amide bonds. The van der Waals surface area contributed by atoms with Crippen LogP contribution in [0.3, 0.4) is 0 Å². The molecule has 1 N–H and O–H groups in total. The summed E-state index contributed by atoms with van der Waals surface area (Å²) in [5, 5.41) is 2.55. The molecule has 1 aromatic carbocycles. The van der Waals surface area contributed by atoms with Crippen molar-refractivity contribution in [1.29, 1.82) is 0 Å². The van der Waals surface area contributed by atoms with Crippen LogP contribution < -0.4 is 5.32 Å². The lowest BCUT2D eigenvalue weighted by atomic mass is 10.1. The van der Waals surface area contributed by atoms with Crippen molar-refractivity contribution in [3.05, 3.63) is 29.8 Å². The van der Waals surface area contributed by atoms with Gasteiger partial charge in [-0.2, -0.15) is 0 Å². The molecular formula is C17H19N3O6. The second kappa shape index (κ2) is 7.77. The van der Waals surface area contributed by atoms with Gasteiger partial charge in [0.1, 0.15) is 13.1 Å². The number of ketones is 1. The summed E-state index contributed by atoms with van der Waals surface area (Å²) in [6.45, 7) is 2.16. The van der Waals surface area contributed by atoms with Crippen LogP contribution in [0.2, 0.25) is 0 Å². The Morgan fingerprint density at radius 1 is 1.19 bits per heavy atom. The summed E-state index contributed by atoms with van der Waals surface area (Å²) in [5.41, 5.74) is 0.946. The van der Waals surface area contributed by atoms with Crippen molar-refractivity contribution < 1.29 is 28.7 Å². The Kier molecular flexibility index (Phi) is 5.71. The van der Waals surface area contributed by atoms with Gasteiger partial charge in [-0.25, -0.2) is 4.79 Å². The van der Waals surface area contributed by atoms with E-state index in [1.54, 1.807) is 24.3 Å². The molecule has 0 aliphatic carbocycles. The molecule has 26 heavy (non-hydrogen) atoms. The van der Waals surface area contributed by atoms with Crippen molar-refractivity contribution in [2.75, 3.05) is 25.5 Å². The van der Waals surface area contributed by atoms with E-state index in [2.05, 4.69) is 5.32 Å². The van der Waals surface area contributed by atoms with Crippen molar-refractivity contribution in [2.45, 2.75) is 20.0 Å². The van der Waals surface area contributed by atoms with Gasteiger partial charge in [0.05, 0.1) is 0 Å². The quantitative estimate of drug-likeness (QED) is 0.452. The number of rotatable bonds is 6. The molecule has 0 radical (unpaired) electrons. The van der Waals surface area contributed by atoms with E-state index < -0.39 is 36.5 Å². The molecule has 0 bridgehead atoms. The highest BCUT2D eigenvalue weighted by atomic mass is 16.5. The Balaban J connectivity index is 1.88. The number of esters is 1. The number of nitrogens with zero attached hydrogens (tertiary/aromatic N) is 2. The molecule has 138 valence electrons. The summed E-state index contributed by atoms with van der Waals surface area (Å²) < 4.78 is 4.97. The standard InChI is InChI=1S/C17H19N3O6/c1-10(21)12-4-6-13(7-5-12)18-16(24)11(2)26-15(23)9-20-14(22)8-19(3)17(20)25/h4-7,11H,8-9H2,1-3H3,(H,18,24)/t11-/m0/s1. The van der Waals surface area contributed by atoms with E-state index in [-0.39, 0.29) is 12.3 Å². The van der Waals surface area contributed by atoms with Gasteiger partial charge in [0, 0.05) is 18.3 Å². The number of hydrogen-bond acceptors (Lipinski definition) is 6. The van der Waals surface area contributed by atoms with Crippen LogP contribution in [0.1, 0.15) is 24.2 Å². The van der Waals surface area contributed by atoms with Gasteiger partial charge in [-0.3, -0.25) is 24.1 Å². The second-order valence-electron chi connectivity index (χ2n) is 5.87. The fraction of sp³-hybridized carbons (Fsp3) is 0.353. The van der Waals surface area contributed by atoms with Gasteiger partial charge in [-0.1, -0.05) is 0 Å². The Morgan fingerprint density at radius 3 is 2.31 bits per heavy atom. The third-order valence-corrected chi connectivity index (χ3v) is 3.75. The maximum atomic E-state index is 12.1. The van der Waals surface area contributed by atoms with Crippen LogP contribution in [0, 0.1) is 0 Å². The smallest absolute Gasteiger partial charge is 0.327 e. The fourth-order valence-electron chi connectivity index (χ4n) is 2.27. The molecule has 1 saturated heterocycles. The molecule has 9 nitrogen and oxygen atoms in total. The lowest BCUT2D eigenvalue weighted by Crippen LogP contribution is -2.39. The van der Waals surface area contributed by atoms with Gasteiger partial charge >= 0.3 is 12.0 Å². The van der Waals surface area contributed by atoms with E-state index in [0.717, 1.165) is 4.90 Å². The average Bonchev–Trinajstić information content (AvgIpc) is 2.81. The van der Waals surface area contributed by atoms with E-state index in [1.165, 1.54) is 25.8 Å². The van der Waals surface area contributed by atoms with Crippen molar-refractivity contribution in [3.8, 4) is 0 Å². The summed E-state index contributed by atoms with van der Waals surface area (Å²) in [6, 6.07) is 5.65. The summed E-state index contributed by atoms with van der Waals surface area (Å²) in [4.78, 5) is 60.4. The minimum Gasteiger partial charge on any atom is -0.451 e. The van der Waals surface area contributed by atoms with Gasteiger partial charge in [0.25, 0.3) is 11.8 Å². The molecular weight excluding hydrogens is 342 g/mol. The average molecular weight is 361 g/mol. The molecule has 0 spiro atoms. The largest absolute Gasteiger partial charge is 0.451 e. The van der Waals surface area contributed by atoms with E-state index >= 15 is 0 Å². The zero-order chi connectivity index (χ0) is 19.4. The van der Waals surface area contributed by atoms with Crippen molar-refractivity contribution in [3.63, 3.8) is 0 Å². The van der Waals surface area contributed by atoms with Crippen LogP contribution in [0.5, 0.6) is 0 Å². The lowest BCUT2D eigenvalue weighted by molar-refractivity contribution is -0.154. The topological polar surface area (TPSA) is 113 Å². The first kappa shape index (κ1) is 19.1. The third-order valence-electron chi connectivity index (χ3n) is 3.75. The van der Waals surface area contributed by atoms with Crippen LogP contribution in [-0.4, -0.2) is 65.6 Å². The molecule has 0 saturated carbocycles. The van der Waals surface area contributed by atoms with E-state index in [1.807, 2.05) is 0 Å². The van der Waals surface area contributed by atoms with Crippen molar-refractivity contribution in [2.24, 2.45) is 0 Å². The maximum absolute atomic E-state index is 12.1. The molecule has 1 aliphatic rings. The Morgan fingerprint density at radius 2 is 1.81 bits per heavy atom. The Hall–Kier alpha value is -3.23. The molecule has 1 aliphatic heterocycles. The number of carbonyl (C=O) groups is 5. The molecule has 0 unspecified atom stereocenters. The number of imide groups is 1. The highest BCUT2D eigenvalue weighted by molar-refractivity contribution is 6.04. The number of Topliss-reactive ketones (excluding diaryl/α,β-unsaturated/α-hetero) is 1. The molecule has 0 aromatic heterocycles. The Labute approximate surface area is 149 Å². The first-order valence-electron chi connectivity index (χ1n) is 7.86. The predicted octanol–water partition coefficient (Wildman–Crippen LogP) is 0.653. The highest BCUT2D eigenvalue weighted by Gasteiger charge is 2.35. The van der Waals surface area contributed by atoms with Crippen LogP contribution in [0.4, 0.5) is 10.5 Å². The number of anilines is 1. The van der Waals surface area contributed by atoms with Gasteiger partial charge in [0.15, 0.2) is 11.9 Å². The zero-order valence-electron chi connectivity index (χ0n) is 14.6. The van der Waals surface area contributed by atoms with Gasteiger partial charge < -0.3 is 15.0 Å². The fourth-order valence-corrected chi connectivity index (χ4v) is 2.27. The predicted molar refractivity (Wildman–Crippen MR) is 90.4 cm³/mol. The number of benzene rings is 1. The van der Waals surface area contributed by atoms with Gasteiger partial charge in [-0.15, -0.1) is 0 Å². The number of hydrogen-bond donors (Lipinski definition) is 1. The Bertz CT molecular complexity index is 758. The van der Waals surface area contributed by atoms with Crippen LogP contribution >= 0.6 is 0 Å².